The van der Waals surface area contributed by atoms with Crippen LogP contribution in [0.1, 0.15) is 32.6 Å². The van der Waals surface area contributed by atoms with Gasteiger partial charge >= 0.3 is 0 Å². The van der Waals surface area contributed by atoms with E-state index in [4.69, 9.17) is 0 Å². The van der Waals surface area contributed by atoms with Crippen LogP contribution in [0, 0.1) is 0 Å². The summed E-state index contributed by atoms with van der Waals surface area (Å²) in [6, 6.07) is 7.72. The molecule has 2 aliphatic rings. The third kappa shape index (κ3) is 2.56. The predicted octanol–water partition coefficient (Wildman–Crippen LogP) is 1.66. The molecule has 1 aromatic heterocycles. The van der Waals surface area contributed by atoms with Crippen molar-refractivity contribution in [3.63, 3.8) is 0 Å². The summed E-state index contributed by atoms with van der Waals surface area (Å²) in [5, 5.41) is 3.06. The maximum atomic E-state index is 12.9. The van der Waals surface area contributed by atoms with Gasteiger partial charge in [-0.15, -0.1) is 0 Å². The first-order valence-corrected chi connectivity index (χ1v) is 8.75. The summed E-state index contributed by atoms with van der Waals surface area (Å²) in [6.45, 7) is 3.24. The molecule has 1 amide bonds. The molecule has 126 valence electrons. The molecule has 0 unspecified atom stereocenters. The van der Waals surface area contributed by atoms with Gasteiger partial charge < -0.3 is 14.8 Å². The van der Waals surface area contributed by atoms with Gasteiger partial charge in [0.05, 0.1) is 11.0 Å². The molecule has 4 rings (SSSR count). The third-order valence-electron chi connectivity index (χ3n) is 4.90. The Bertz CT molecular complexity index is 841. The summed E-state index contributed by atoms with van der Waals surface area (Å²) < 4.78 is 1.74. The van der Waals surface area contributed by atoms with Crippen molar-refractivity contribution in [2.75, 3.05) is 11.4 Å². The van der Waals surface area contributed by atoms with Gasteiger partial charge in [-0.1, -0.05) is 12.1 Å². The molecule has 2 fully saturated rings. The number of rotatable bonds is 4. The number of benzene rings is 1. The summed E-state index contributed by atoms with van der Waals surface area (Å²) in [7, 11) is 0. The number of nitrogens with one attached hydrogen (secondary N) is 1. The van der Waals surface area contributed by atoms with Crippen LogP contribution in [0.15, 0.2) is 29.1 Å². The lowest BCUT2D eigenvalue weighted by Gasteiger charge is -2.25. The number of nitrogens with zero attached hydrogens (tertiary/aromatic N) is 3. The lowest BCUT2D eigenvalue weighted by Crippen LogP contribution is -2.46. The van der Waals surface area contributed by atoms with Gasteiger partial charge in [-0.25, -0.2) is 4.98 Å². The molecule has 0 bridgehead atoms. The SMILES string of the molecule is CCn1c(=O)c(N2CCC[C@H]2C(=O)NC2CC2)nc2ccccc21. The molecule has 0 radical (unpaired) electrons. The van der Waals surface area contributed by atoms with Crippen molar-refractivity contribution < 1.29 is 4.79 Å². The van der Waals surface area contributed by atoms with E-state index in [1.165, 1.54) is 0 Å². The van der Waals surface area contributed by atoms with Gasteiger partial charge in [0.15, 0.2) is 5.82 Å². The largest absolute Gasteiger partial charge is 0.352 e. The minimum Gasteiger partial charge on any atom is -0.352 e. The van der Waals surface area contributed by atoms with Gasteiger partial charge in [0.1, 0.15) is 6.04 Å². The Kier molecular flexibility index (Phi) is 3.75. The second-order valence-electron chi connectivity index (χ2n) is 6.61. The number of hydrogen-bond donors (Lipinski definition) is 1. The van der Waals surface area contributed by atoms with Crippen LogP contribution in [0.25, 0.3) is 11.0 Å². The number of aromatic nitrogens is 2. The smallest absolute Gasteiger partial charge is 0.294 e. The number of carbonyl (C=O) groups is 1. The summed E-state index contributed by atoms with van der Waals surface area (Å²) in [5.74, 6) is 0.441. The number of para-hydroxylation sites is 2. The highest BCUT2D eigenvalue weighted by Gasteiger charge is 2.36. The number of amides is 1. The van der Waals surface area contributed by atoms with Crippen LogP contribution < -0.4 is 15.8 Å². The number of anilines is 1. The first-order valence-electron chi connectivity index (χ1n) is 8.75. The summed E-state index contributed by atoms with van der Waals surface area (Å²) in [5.41, 5.74) is 1.52. The van der Waals surface area contributed by atoms with E-state index in [9.17, 15) is 9.59 Å². The van der Waals surface area contributed by atoms with Crippen molar-refractivity contribution in [3.8, 4) is 0 Å². The Morgan fingerprint density at radius 2 is 2.08 bits per heavy atom. The van der Waals surface area contributed by atoms with Crippen LogP contribution in [0.5, 0.6) is 0 Å². The highest BCUT2D eigenvalue weighted by atomic mass is 16.2. The maximum Gasteiger partial charge on any atom is 0.294 e. The van der Waals surface area contributed by atoms with Gasteiger partial charge in [0.25, 0.3) is 5.56 Å². The molecule has 1 N–H and O–H groups in total. The van der Waals surface area contributed by atoms with E-state index in [0.717, 1.165) is 36.7 Å². The molecule has 1 aliphatic carbocycles. The predicted molar refractivity (Wildman–Crippen MR) is 93.2 cm³/mol. The van der Waals surface area contributed by atoms with E-state index in [0.29, 0.717) is 24.9 Å². The molecule has 1 aromatic carbocycles. The molecule has 1 saturated carbocycles. The Morgan fingerprint density at radius 1 is 1.29 bits per heavy atom. The van der Waals surface area contributed by atoms with Crippen molar-refractivity contribution in [1.29, 1.82) is 0 Å². The zero-order valence-electron chi connectivity index (χ0n) is 13.9. The van der Waals surface area contributed by atoms with Gasteiger partial charge in [0.2, 0.25) is 5.91 Å². The van der Waals surface area contributed by atoms with Crippen molar-refractivity contribution in [1.82, 2.24) is 14.9 Å². The van der Waals surface area contributed by atoms with Crippen LogP contribution in [0.3, 0.4) is 0 Å². The molecule has 0 spiro atoms. The fraction of sp³-hybridized carbons (Fsp3) is 0.500. The Hall–Kier alpha value is -2.37. The normalized spacial score (nSPS) is 20.5. The van der Waals surface area contributed by atoms with E-state index in [-0.39, 0.29) is 17.5 Å². The first-order chi connectivity index (χ1) is 11.7. The van der Waals surface area contributed by atoms with Crippen molar-refractivity contribution in [2.24, 2.45) is 0 Å². The molecule has 6 nitrogen and oxygen atoms in total. The number of fused-ring (bicyclic) bond motifs is 1. The minimum atomic E-state index is -0.280. The molecule has 6 heteroatoms. The maximum absolute atomic E-state index is 12.9. The second kappa shape index (κ2) is 5.92. The average molecular weight is 326 g/mol. The molecular formula is C18H22N4O2. The van der Waals surface area contributed by atoms with Crippen LogP contribution in [-0.2, 0) is 11.3 Å². The number of carbonyl (C=O) groups excluding carboxylic acids is 1. The average Bonchev–Trinajstić information content (AvgIpc) is 3.26. The minimum absolute atomic E-state index is 0.0346. The molecule has 1 saturated heterocycles. The van der Waals surface area contributed by atoms with E-state index in [1.807, 2.05) is 36.1 Å². The van der Waals surface area contributed by atoms with E-state index in [2.05, 4.69) is 10.3 Å². The van der Waals surface area contributed by atoms with Crippen LogP contribution >= 0.6 is 0 Å². The van der Waals surface area contributed by atoms with Gasteiger partial charge in [-0.05, 0) is 44.7 Å². The monoisotopic (exact) mass is 326 g/mol. The molecule has 1 aliphatic heterocycles. The third-order valence-corrected chi connectivity index (χ3v) is 4.90. The van der Waals surface area contributed by atoms with Crippen molar-refractivity contribution in [3.05, 3.63) is 34.6 Å². The van der Waals surface area contributed by atoms with Crippen LogP contribution in [-0.4, -0.2) is 34.1 Å². The molecular weight excluding hydrogens is 304 g/mol. The van der Waals surface area contributed by atoms with Crippen LogP contribution in [0.4, 0.5) is 5.82 Å². The Morgan fingerprint density at radius 3 is 2.83 bits per heavy atom. The Labute approximate surface area is 140 Å². The standard InChI is InChI=1S/C18H22N4O2/c1-2-21-14-7-4-3-6-13(14)20-16(18(21)24)22-11-5-8-15(22)17(23)19-12-9-10-12/h3-4,6-7,12,15H,2,5,8-11H2,1H3,(H,19,23)/t15-/m0/s1. The van der Waals surface area contributed by atoms with Crippen molar-refractivity contribution in [2.45, 2.75) is 51.2 Å². The second-order valence-corrected chi connectivity index (χ2v) is 6.61. The van der Waals surface area contributed by atoms with E-state index < -0.39 is 0 Å². The summed E-state index contributed by atoms with van der Waals surface area (Å²) >= 11 is 0. The Balaban J connectivity index is 1.75. The molecule has 24 heavy (non-hydrogen) atoms. The zero-order valence-corrected chi connectivity index (χ0v) is 13.9. The van der Waals surface area contributed by atoms with Gasteiger partial charge in [-0.2, -0.15) is 0 Å². The zero-order chi connectivity index (χ0) is 16.7. The molecule has 2 aromatic rings. The molecule has 2 heterocycles. The fourth-order valence-electron chi connectivity index (χ4n) is 3.50. The van der Waals surface area contributed by atoms with E-state index in [1.54, 1.807) is 4.57 Å². The van der Waals surface area contributed by atoms with Gasteiger partial charge in [0, 0.05) is 19.1 Å². The quantitative estimate of drug-likeness (QED) is 0.928. The fourth-order valence-corrected chi connectivity index (χ4v) is 3.50. The number of hydrogen-bond acceptors (Lipinski definition) is 4. The lowest BCUT2D eigenvalue weighted by molar-refractivity contribution is -0.122. The van der Waals surface area contributed by atoms with Crippen LogP contribution in [0.2, 0.25) is 0 Å². The topological polar surface area (TPSA) is 67.2 Å². The highest BCUT2D eigenvalue weighted by molar-refractivity contribution is 5.86. The summed E-state index contributed by atoms with van der Waals surface area (Å²) in [4.78, 5) is 32.0. The van der Waals surface area contributed by atoms with Gasteiger partial charge in [-0.3, -0.25) is 9.59 Å². The molecule has 1 atom stereocenters. The highest BCUT2D eigenvalue weighted by Crippen LogP contribution is 2.25. The summed E-state index contributed by atoms with van der Waals surface area (Å²) in [6.07, 6.45) is 3.81. The number of aryl methyl sites for hydroxylation is 1. The lowest BCUT2D eigenvalue weighted by atomic mass is 10.2. The van der Waals surface area contributed by atoms with Crippen molar-refractivity contribution >= 4 is 22.8 Å². The first kappa shape index (κ1) is 15.2. The van der Waals surface area contributed by atoms with E-state index >= 15 is 0 Å².